The highest BCUT2D eigenvalue weighted by Gasteiger charge is 2.39. The zero-order chi connectivity index (χ0) is 17.6. The molecule has 2 aromatic rings. The number of amides is 1. The Hall–Kier alpha value is -1.25. The second kappa shape index (κ2) is 6.48. The molecule has 4 rings (SSSR count). The van der Waals surface area contributed by atoms with E-state index < -0.39 is 5.60 Å². The number of halogens is 1. The second-order valence-corrected chi connectivity index (χ2v) is 8.45. The van der Waals surface area contributed by atoms with Crippen molar-refractivity contribution < 1.29 is 9.90 Å². The van der Waals surface area contributed by atoms with Crippen LogP contribution in [0.25, 0.3) is 0 Å². The number of nitrogens with zero attached hydrogens (tertiary/aromatic N) is 4. The monoisotopic (exact) mass is 424 g/mol. The van der Waals surface area contributed by atoms with Gasteiger partial charge in [0.05, 0.1) is 10.4 Å². The first-order valence-corrected chi connectivity index (χ1v) is 10.4. The Morgan fingerprint density at radius 3 is 2.72 bits per heavy atom. The fraction of sp³-hybridized carbons (Fsp3) is 0.588. The van der Waals surface area contributed by atoms with Gasteiger partial charge in [0.1, 0.15) is 10.2 Å². The minimum absolute atomic E-state index is 0.0282. The van der Waals surface area contributed by atoms with Crippen LogP contribution in [-0.4, -0.2) is 43.8 Å². The molecule has 1 saturated carbocycles. The Bertz CT molecular complexity index is 790. The Morgan fingerprint density at radius 1 is 1.44 bits per heavy atom. The normalized spacial score (nSPS) is 20.0. The number of piperidine rings is 1. The quantitative estimate of drug-likeness (QED) is 0.817. The van der Waals surface area contributed by atoms with Gasteiger partial charge in [-0.3, -0.25) is 9.48 Å². The van der Waals surface area contributed by atoms with Gasteiger partial charge in [-0.1, -0.05) is 0 Å². The molecular formula is C17H21BrN4O2S. The molecule has 0 radical (unpaired) electrons. The van der Waals surface area contributed by atoms with Gasteiger partial charge < -0.3 is 10.0 Å². The highest BCUT2D eigenvalue weighted by atomic mass is 79.9. The summed E-state index contributed by atoms with van der Waals surface area (Å²) in [6.45, 7) is 3.90. The molecule has 0 aromatic carbocycles. The van der Waals surface area contributed by atoms with Crippen molar-refractivity contribution in [1.29, 1.82) is 0 Å². The van der Waals surface area contributed by atoms with Crippen molar-refractivity contribution in [2.75, 3.05) is 13.1 Å². The Morgan fingerprint density at radius 2 is 2.16 bits per heavy atom. The summed E-state index contributed by atoms with van der Waals surface area (Å²) in [6.07, 6.45) is 3.42. The number of rotatable bonds is 4. The van der Waals surface area contributed by atoms with E-state index in [4.69, 9.17) is 0 Å². The van der Waals surface area contributed by atoms with E-state index in [1.165, 1.54) is 29.9 Å². The maximum Gasteiger partial charge on any atom is 0.274 e. The molecule has 134 valence electrons. The first-order valence-electron chi connectivity index (χ1n) is 8.70. The minimum Gasteiger partial charge on any atom is -0.384 e. The van der Waals surface area contributed by atoms with Crippen LogP contribution < -0.4 is 0 Å². The maximum atomic E-state index is 12.8. The van der Waals surface area contributed by atoms with E-state index in [2.05, 4.69) is 32.9 Å². The van der Waals surface area contributed by atoms with E-state index in [-0.39, 0.29) is 5.91 Å². The van der Waals surface area contributed by atoms with Crippen molar-refractivity contribution in [3.8, 4) is 0 Å². The zero-order valence-electron chi connectivity index (χ0n) is 14.1. The van der Waals surface area contributed by atoms with Crippen LogP contribution in [-0.2, 0) is 12.1 Å². The fourth-order valence-corrected chi connectivity index (χ4v) is 5.22. The SMILES string of the molecule is CCn1nc(C(=O)N2CCC(O)(c3scnc3Br)CC2)cc1C1CC1. The molecule has 6 nitrogen and oxygen atoms in total. The number of hydrogen-bond donors (Lipinski definition) is 1. The largest absolute Gasteiger partial charge is 0.384 e. The second-order valence-electron chi connectivity index (χ2n) is 6.84. The summed E-state index contributed by atoms with van der Waals surface area (Å²) in [6, 6.07) is 1.96. The van der Waals surface area contributed by atoms with Crippen LogP contribution in [0.5, 0.6) is 0 Å². The molecule has 0 atom stereocenters. The molecule has 2 aliphatic rings. The van der Waals surface area contributed by atoms with Gasteiger partial charge in [0.15, 0.2) is 5.69 Å². The highest BCUT2D eigenvalue weighted by molar-refractivity contribution is 9.10. The first kappa shape index (κ1) is 17.2. The average Bonchev–Trinajstić information content (AvgIpc) is 3.21. The van der Waals surface area contributed by atoms with Crippen molar-refractivity contribution in [2.24, 2.45) is 0 Å². The van der Waals surface area contributed by atoms with Crippen LogP contribution >= 0.6 is 27.3 Å². The molecule has 1 amide bonds. The summed E-state index contributed by atoms with van der Waals surface area (Å²) in [5.41, 5.74) is 2.55. The number of carbonyl (C=O) groups excluding carboxylic acids is 1. The Balaban J connectivity index is 1.47. The summed E-state index contributed by atoms with van der Waals surface area (Å²) in [5.74, 6) is 0.545. The van der Waals surface area contributed by atoms with E-state index in [0.717, 1.165) is 11.4 Å². The lowest BCUT2D eigenvalue weighted by atomic mass is 9.90. The summed E-state index contributed by atoms with van der Waals surface area (Å²) >= 11 is 4.85. The van der Waals surface area contributed by atoms with Crippen LogP contribution in [0.3, 0.4) is 0 Å². The number of aromatic nitrogens is 3. The molecule has 1 saturated heterocycles. The van der Waals surface area contributed by atoms with Crippen LogP contribution in [0.1, 0.15) is 59.6 Å². The van der Waals surface area contributed by atoms with Gasteiger partial charge in [-0.15, -0.1) is 11.3 Å². The molecule has 0 spiro atoms. The molecule has 1 N–H and O–H groups in total. The van der Waals surface area contributed by atoms with Crippen LogP contribution in [0.15, 0.2) is 16.2 Å². The summed E-state index contributed by atoms with van der Waals surface area (Å²) in [7, 11) is 0. The van der Waals surface area contributed by atoms with E-state index in [1.807, 2.05) is 15.6 Å². The van der Waals surface area contributed by atoms with Crippen LogP contribution in [0, 0.1) is 0 Å². The number of aryl methyl sites for hydroxylation is 1. The molecule has 0 bridgehead atoms. The van der Waals surface area contributed by atoms with E-state index in [0.29, 0.717) is 42.1 Å². The number of hydrogen-bond acceptors (Lipinski definition) is 5. The molecule has 3 heterocycles. The molecule has 0 unspecified atom stereocenters. The van der Waals surface area contributed by atoms with Gasteiger partial charge in [-0.2, -0.15) is 5.10 Å². The van der Waals surface area contributed by atoms with Gasteiger partial charge in [-0.25, -0.2) is 4.98 Å². The van der Waals surface area contributed by atoms with E-state index >= 15 is 0 Å². The third-order valence-corrected chi connectivity index (χ3v) is 7.03. The predicted molar refractivity (Wildman–Crippen MR) is 98.7 cm³/mol. The molecule has 2 fully saturated rings. The van der Waals surface area contributed by atoms with Crippen molar-refractivity contribution in [3.63, 3.8) is 0 Å². The molecule has 1 aliphatic carbocycles. The lowest BCUT2D eigenvalue weighted by Crippen LogP contribution is -2.45. The fourth-order valence-electron chi connectivity index (χ4n) is 3.50. The molecule has 25 heavy (non-hydrogen) atoms. The number of likely N-dealkylation sites (tertiary alicyclic amines) is 1. The average molecular weight is 425 g/mol. The zero-order valence-corrected chi connectivity index (χ0v) is 16.5. The van der Waals surface area contributed by atoms with Gasteiger partial charge in [0, 0.05) is 31.2 Å². The summed E-state index contributed by atoms with van der Waals surface area (Å²) in [4.78, 5) is 19.7. The molecule has 2 aromatic heterocycles. The minimum atomic E-state index is -0.904. The van der Waals surface area contributed by atoms with Gasteiger partial charge in [0.2, 0.25) is 0 Å². The van der Waals surface area contributed by atoms with Crippen LogP contribution in [0.4, 0.5) is 0 Å². The van der Waals surface area contributed by atoms with Crippen molar-refractivity contribution in [3.05, 3.63) is 32.4 Å². The van der Waals surface area contributed by atoms with Crippen molar-refractivity contribution in [1.82, 2.24) is 19.7 Å². The number of thiazole rings is 1. The van der Waals surface area contributed by atoms with Crippen molar-refractivity contribution >= 4 is 33.2 Å². The van der Waals surface area contributed by atoms with Crippen LogP contribution in [0.2, 0.25) is 0 Å². The van der Waals surface area contributed by atoms with Gasteiger partial charge in [-0.05, 0) is 54.6 Å². The summed E-state index contributed by atoms with van der Waals surface area (Å²) < 4.78 is 2.66. The molecule has 8 heteroatoms. The molecular weight excluding hydrogens is 404 g/mol. The maximum absolute atomic E-state index is 12.8. The third-order valence-electron chi connectivity index (χ3n) is 5.15. The Kier molecular flexibility index (Phi) is 4.45. The lowest BCUT2D eigenvalue weighted by molar-refractivity contribution is -0.0191. The predicted octanol–water partition coefficient (Wildman–Crippen LogP) is 3.12. The smallest absolute Gasteiger partial charge is 0.274 e. The Labute approximate surface area is 159 Å². The first-order chi connectivity index (χ1) is 12.0. The third kappa shape index (κ3) is 3.15. The molecule has 1 aliphatic heterocycles. The topological polar surface area (TPSA) is 71.2 Å². The van der Waals surface area contributed by atoms with Gasteiger partial charge >= 0.3 is 0 Å². The highest BCUT2D eigenvalue weighted by Crippen LogP contribution is 2.41. The van der Waals surface area contributed by atoms with E-state index in [9.17, 15) is 9.90 Å². The van der Waals surface area contributed by atoms with E-state index in [1.54, 1.807) is 5.51 Å². The standard InChI is InChI=1S/C17H21BrN4O2S/c1-2-22-13(11-3-4-11)9-12(20-22)16(23)21-7-5-17(24,6-8-21)14-15(18)19-10-25-14/h9-11,24H,2-8H2,1H3. The van der Waals surface area contributed by atoms with Crippen molar-refractivity contribution in [2.45, 2.75) is 50.7 Å². The summed E-state index contributed by atoms with van der Waals surface area (Å²) in [5, 5.41) is 15.4. The number of carbonyl (C=O) groups is 1. The number of aliphatic hydroxyl groups is 1. The van der Waals surface area contributed by atoms with Gasteiger partial charge in [0.25, 0.3) is 5.91 Å². The lowest BCUT2D eigenvalue weighted by Gasteiger charge is -2.37.